The maximum absolute atomic E-state index is 11.9. The van der Waals surface area contributed by atoms with Crippen LogP contribution in [0.4, 0.5) is 4.79 Å². The lowest BCUT2D eigenvalue weighted by Crippen LogP contribution is -2.43. The van der Waals surface area contributed by atoms with Crippen LogP contribution in [-0.2, 0) is 18.8 Å². The molecule has 2 heterocycles. The quantitative estimate of drug-likeness (QED) is 0.797. The summed E-state index contributed by atoms with van der Waals surface area (Å²) in [4.78, 5) is 25.0. The van der Waals surface area contributed by atoms with Crippen molar-refractivity contribution in [3.63, 3.8) is 0 Å². The number of carbonyl (C=O) groups is 2. The molecule has 0 aromatic heterocycles. The second-order valence-electron chi connectivity index (χ2n) is 6.77. The van der Waals surface area contributed by atoms with E-state index in [2.05, 4.69) is 0 Å². The number of carboxylic acid groups (broad SMARTS) is 1. The lowest BCUT2D eigenvalue weighted by molar-refractivity contribution is -0.133. The molecular formula is C15H24BNO6. The van der Waals surface area contributed by atoms with Crippen LogP contribution in [0.5, 0.6) is 0 Å². The smallest absolute Gasteiger partial charge is 0.478 e. The SMILES string of the molecule is CCOC(=O)N1CCC(C(=O)O)=C(B2OC(C)(C)C(C)(C)O2)C1. The van der Waals surface area contributed by atoms with Gasteiger partial charge >= 0.3 is 19.2 Å². The molecule has 0 aromatic carbocycles. The van der Waals surface area contributed by atoms with Crippen molar-refractivity contribution in [3.05, 3.63) is 11.0 Å². The van der Waals surface area contributed by atoms with E-state index in [1.807, 2.05) is 27.7 Å². The monoisotopic (exact) mass is 325 g/mol. The van der Waals surface area contributed by atoms with Crippen molar-refractivity contribution in [2.75, 3.05) is 19.7 Å². The van der Waals surface area contributed by atoms with Crippen molar-refractivity contribution in [3.8, 4) is 0 Å². The first-order valence-electron chi connectivity index (χ1n) is 7.81. The van der Waals surface area contributed by atoms with Gasteiger partial charge in [-0.3, -0.25) is 0 Å². The van der Waals surface area contributed by atoms with Crippen LogP contribution in [0.25, 0.3) is 0 Å². The van der Waals surface area contributed by atoms with Gasteiger partial charge in [-0.2, -0.15) is 0 Å². The van der Waals surface area contributed by atoms with Gasteiger partial charge in [-0.1, -0.05) is 0 Å². The molecule has 0 aliphatic carbocycles. The van der Waals surface area contributed by atoms with Crippen molar-refractivity contribution in [1.29, 1.82) is 0 Å². The molecule has 0 atom stereocenters. The zero-order valence-electron chi connectivity index (χ0n) is 14.3. The maximum atomic E-state index is 11.9. The Morgan fingerprint density at radius 3 is 2.30 bits per heavy atom. The van der Waals surface area contributed by atoms with Gasteiger partial charge < -0.3 is 24.1 Å². The number of rotatable bonds is 3. The summed E-state index contributed by atoms with van der Waals surface area (Å²) >= 11 is 0. The van der Waals surface area contributed by atoms with E-state index in [0.717, 1.165) is 0 Å². The van der Waals surface area contributed by atoms with Crippen molar-refractivity contribution < 1.29 is 28.7 Å². The van der Waals surface area contributed by atoms with Crippen LogP contribution in [0, 0.1) is 0 Å². The molecule has 128 valence electrons. The molecule has 1 amide bonds. The number of amides is 1. The van der Waals surface area contributed by atoms with Crippen LogP contribution >= 0.6 is 0 Å². The highest BCUT2D eigenvalue weighted by atomic mass is 16.7. The summed E-state index contributed by atoms with van der Waals surface area (Å²) in [6, 6.07) is 0. The fourth-order valence-electron chi connectivity index (χ4n) is 2.60. The lowest BCUT2D eigenvalue weighted by Gasteiger charge is -2.32. The summed E-state index contributed by atoms with van der Waals surface area (Å²) in [6.07, 6.45) is -0.209. The Balaban J connectivity index is 2.28. The van der Waals surface area contributed by atoms with E-state index in [1.165, 1.54) is 4.90 Å². The van der Waals surface area contributed by atoms with E-state index >= 15 is 0 Å². The van der Waals surface area contributed by atoms with Gasteiger partial charge in [0.1, 0.15) is 0 Å². The van der Waals surface area contributed by atoms with Crippen LogP contribution in [0.15, 0.2) is 11.0 Å². The molecule has 0 bridgehead atoms. The van der Waals surface area contributed by atoms with Gasteiger partial charge in [-0.15, -0.1) is 0 Å². The molecule has 0 unspecified atom stereocenters. The Morgan fingerprint density at radius 2 is 1.83 bits per heavy atom. The van der Waals surface area contributed by atoms with Gasteiger partial charge in [0.2, 0.25) is 0 Å². The minimum Gasteiger partial charge on any atom is -0.478 e. The van der Waals surface area contributed by atoms with Gasteiger partial charge in [-0.05, 0) is 46.5 Å². The molecule has 23 heavy (non-hydrogen) atoms. The van der Waals surface area contributed by atoms with Crippen LogP contribution in [0.3, 0.4) is 0 Å². The number of carbonyl (C=O) groups excluding carboxylic acids is 1. The number of carboxylic acids is 1. The fraction of sp³-hybridized carbons (Fsp3) is 0.733. The predicted octanol–water partition coefficient (Wildman–Crippen LogP) is 1.86. The summed E-state index contributed by atoms with van der Waals surface area (Å²) in [6.45, 7) is 10.1. The van der Waals surface area contributed by atoms with Gasteiger partial charge in [0.05, 0.1) is 17.8 Å². The third kappa shape index (κ3) is 3.38. The third-order valence-corrected chi connectivity index (χ3v) is 4.70. The Labute approximate surface area is 136 Å². The molecule has 2 aliphatic rings. The van der Waals surface area contributed by atoms with Crippen LogP contribution in [0.1, 0.15) is 41.0 Å². The van der Waals surface area contributed by atoms with E-state index in [-0.39, 0.29) is 25.1 Å². The van der Waals surface area contributed by atoms with E-state index in [4.69, 9.17) is 14.0 Å². The van der Waals surface area contributed by atoms with Crippen LogP contribution in [0.2, 0.25) is 0 Å². The van der Waals surface area contributed by atoms with E-state index in [0.29, 0.717) is 12.0 Å². The van der Waals surface area contributed by atoms with Crippen LogP contribution < -0.4 is 0 Å². The first kappa shape index (κ1) is 17.8. The molecule has 1 N–H and O–H groups in total. The number of nitrogens with zero attached hydrogens (tertiary/aromatic N) is 1. The minimum absolute atomic E-state index is 0.136. The number of hydrogen-bond acceptors (Lipinski definition) is 5. The standard InChI is InChI=1S/C15H24BNO6/c1-6-21-13(20)17-8-7-10(12(18)19)11(9-17)16-22-14(2,3)15(4,5)23-16/h6-9H2,1-5H3,(H,18,19). The summed E-state index contributed by atoms with van der Waals surface area (Å²) in [5.41, 5.74) is -0.402. The maximum Gasteiger partial charge on any atom is 0.492 e. The Hall–Kier alpha value is -1.54. The highest BCUT2D eigenvalue weighted by Gasteiger charge is 2.53. The van der Waals surface area contributed by atoms with Gasteiger partial charge in [-0.25, -0.2) is 9.59 Å². The number of aliphatic carboxylic acids is 1. The molecule has 1 saturated heterocycles. The second kappa shape index (κ2) is 6.16. The highest BCUT2D eigenvalue weighted by molar-refractivity contribution is 6.55. The molecule has 0 aromatic rings. The van der Waals surface area contributed by atoms with Crippen molar-refractivity contribution >= 4 is 19.2 Å². The summed E-state index contributed by atoms with van der Waals surface area (Å²) in [5, 5.41) is 9.45. The minimum atomic E-state index is -1.00. The van der Waals surface area contributed by atoms with E-state index in [1.54, 1.807) is 6.92 Å². The number of ether oxygens (including phenoxy) is 1. The zero-order valence-corrected chi connectivity index (χ0v) is 14.3. The summed E-state index contributed by atoms with van der Waals surface area (Å²) in [7, 11) is -0.775. The Kier molecular flexibility index (Phi) is 4.77. The molecule has 2 rings (SSSR count). The van der Waals surface area contributed by atoms with Gasteiger partial charge in [0, 0.05) is 18.7 Å². The normalized spacial score (nSPS) is 23.2. The molecule has 2 aliphatic heterocycles. The Bertz CT molecular complexity index is 526. The lowest BCUT2D eigenvalue weighted by atomic mass is 9.72. The van der Waals surface area contributed by atoms with E-state index < -0.39 is 30.4 Å². The van der Waals surface area contributed by atoms with Gasteiger partial charge in [0.25, 0.3) is 0 Å². The first-order chi connectivity index (χ1) is 10.6. The van der Waals surface area contributed by atoms with Crippen molar-refractivity contribution in [2.45, 2.75) is 52.2 Å². The van der Waals surface area contributed by atoms with E-state index in [9.17, 15) is 14.7 Å². The molecule has 0 radical (unpaired) electrons. The highest BCUT2D eigenvalue weighted by Crippen LogP contribution is 2.40. The summed E-state index contributed by atoms with van der Waals surface area (Å²) < 4.78 is 16.9. The number of hydrogen-bond donors (Lipinski definition) is 1. The average Bonchev–Trinajstić information content (AvgIpc) is 2.67. The predicted molar refractivity (Wildman–Crippen MR) is 84.0 cm³/mol. The fourth-order valence-corrected chi connectivity index (χ4v) is 2.60. The molecule has 8 heteroatoms. The molecule has 7 nitrogen and oxygen atoms in total. The van der Waals surface area contributed by atoms with Crippen LogP contribution in [-0.4, -0.2) is 60.1 Å². The summed E-state index contributed by atoms with van der Waals surface area (Å²) in [5.74, 6) is -1.00. The average molecular weight is 325 g/mol. The third-order valence-electron chi connectivity index (χ3n) is 4.70. The first-order valence-corrected chi connectivity index (χ1v) is 7.81. The molecular weight excluding hydrogens is 301 g/mol. The van der Waals surface area contributed by atoms with Crippen molar-refractivity contribution in [2.24, 2.45) is 0 Å². The van der Waals surface area contributed by atoms with Gasteiger partial charge in [0.15, 0.2) is 0 Å². The largest absolute Gasteiger partial charge is 0.492 e. The molecule has 1 fully saturated rings. The van der Waals surface area contributed by atoms with Crippen molar-refractivity contribution in [1.82, 2.24) is 4.90 Å². The molecule has 0 spiro atoms. The molecule has 0 saturated carbocycles. The zero-order chi connectivity index (χ0) is 17.4. The Morgan fingerprint density at radius 1 is 1.26 bits per heavy atom. The topological polar surface area (TPSA) is 85.3 Å². The second-order valence-corrected chi connectivity index (χ2v) is 6.77.